The minimum absolute atomic E-state index is 0.0284. The van der Waals surface area contributed by atoms with Gasteiger partial charge in [-0.25, -0.2) is 0 Å². The zero-order valence-electron chi connectivity index (χ0n) is 25.6. The highest BCUT2D eigenvalue weighted by molar-refractivity contribution is 7.48. The molecule has 2 atom stereocenters. The van der Waals surface area contributed by atoms with Crippen LogP contribution in [0.4, 0.5) is 0 Å². The molecule has 0 saturated carbocycles. The third kappa shape index (κ3) is 8.93. The monoisotopic (exact) mass is 525 g/mol. The van der Waals surface area contributed by atoms with Crippen LogP contribution in [0.1, 0.15) is 118 Å². The first-order valence-electron chi connectivity index (χ1n) is 13.8. The first-order chi connectivity index (χ1) is 17.0. The molecule has 0 bridgehead atoms. The largest absolute Gasteiger partial charge is 0.467 e. The normalized spacial score (nSPS) is 15.0. The molecular formula is C33H52NO2P. The summed E-state index contributed by atoms with van der Waals surface area (Å²) in [5.41, 5.74) is 4.98. The predicted octanol–water partition coefficient (Wildman–Crippen LogP) is 8.89. The average Bonchev–Trinajstić information content (AvgIpc) is 2.78. The summed E-state index contributed by atoms with van der Waals surface area (Å²) in [7, 11) is 2.27. The summed E-state index contributed by atoms with van der Waals surface area (Å²) in [5.74, 6) is 0.995. The molecule has 2 unspecified atom stereocenters. The molecule has 2 rings (SSSR count). The number of ether oxygens (including phenoxy) is 2. The van der Waals surface area contributed by atoms with Gasteiger partial charge in [-0.2, -0.15) is 0 Å². The zero-order chi connectivity index (χ0) is 28.1. The summed E-state index contributed by atoms with van der Waals surface area (Å²) in [6.07, 6.45) is 5.48. The molecule has 0 spiro atoms. The topological polar surface area (TPSA) is 30.8 Å². The van der Waals surface area contributed by atoms with E-state index in [4.69, 9.17) is 14.5 Å². The van der Waals surface area contributed by atoms with Gasteiger partial charge in [0.1, 0.15) is 5.75 Å². The standard InChI is InChI=1S/C33H52NO2P/c1-13-14-19-33(11,37-28-18-16-15-17-24(28)22-34-32(8,9)10)27-21-25(30(2,3)4)20-26(31(5,6)7)29(27)36-23-35-12/h15-18,20-22,37H,13-14,19,23H2,1-12H3. The summed E-state index contributed by atoms with van der Waals surface area (Å²) in [6, 6.07) is 13.5. The van der Waals surface area contributed by atoms with E-state index in [0.29, 0.717) is 8.58 Å². The van der Waals surface area contributed by atoms with E-state index >= 15 is 0 Å². The minimum Gasteiger partial charge on any atom is -0.467 e. The summed E-state index contributed by atoms with van der Waals surface area (Å²) in [4.78, 5) is 4.84. The Labute approximate surface area is 229 Å². The van der Waals surface area contributed by atoms with E-state index in [1.165, 1.54) is 27.6 Å². The Kier molecular flexibility index (Phi) is 10.6. The van der Waals surface area contributed by atoms with Crippen LogP contribution in [0.2, 0.25) is 0 Å². The second kappa shape index (κ2) is 12.4. The highest BCUT2D eigenvalue weighted by Crippen LogP contribution is 2.52. The van der Waals surface area contributed by atoms with E-state index in [9.17, 15) is 0 Å². The molecule has 0 aromatic heterocycles. The Morgan fingerprint density at radius 2 is 1.49 bits per heavy atom. The molecule has 0 aliphatic rings. The van der Waals surface area contributed by atoms with Crippen LogP contribution < -0.4 is 10.0 Å². The van der Waals surface area contributed by atoms with Gasteiger partial charge in [0.2, 0.25) is 0 Å². The van der Waals surface area contributed by atoms with Crippen molar-refractivity contribution in [2.24, 2.45) is 4.99 Å². The first kappa shape index (κ1) is 31.5. The van der Waals surface area contributed by atoms with E-state index in [-0.39, 0.29) is 28.3 Å². The van der Waals surface area contributed by atoms with Crippen molar-refractivity contribution in [3.05, 3.63) is 58.7 Å². The van der Waals surface area contributed by atoms with E-state index < -0.39 is 0 Å². The van der Waals surface area contributed by atoms with Crippen LogP contribution >= 0.6 is 8.58 Å². The van der Waals surface area contributed by atoms with Crippen molar-refractivity contribution in [3.8, 4) is 5.75 Å². The van der Waals surface area contributed by atoms with Crippen LogP contribution in [0, 0.1) is 0 Å². The molecule has 0 radical (unpaired) electrons. The predicted molar refractivity (Wildman–Crippen MR) is 165 cm³/mol. The van der Waals surface area contributed by atoms with Gasteiger partial charge in [0, 0.05) is 29.6 Å². The Hall–Kier alpha value is -1.70. The Bertz CT molecular complexity index is 1050. The number of rotatable bonds is 10. The van der Waals surface area contributed by atoms with E-state index in [2.05, 4.69) is 119 Å². The maximum absolute atomic E-state index is 6.45. The lowest BCUT2D eigenvalue weighted by molar-refractivity contribution is 0.0486. The molecule has 0 heterocycles. The van der Waals surface area contributed by atoms with Gasteiger partial charge in [0.05, 0.1) is 5.54 Å². The molecule has 0 fully saturated rings. The van der Waals surface area contributed by atoms with Crippen LogP contribution in [-0.4, -0.2) is 25.7 Å². The van der Waals surface area contributed by atoms with E-state index in [0.717, 1.165) is 25.0 Å². The van der Waals surface area contributed by atoms with Crippen LogP contribution in [-0.2, 0) is 20.7 Å². The molecule has 2 aromatic rings. The fourth-order valence-corrected chi connectivity index (χ4v) is 6.07. The van der Waals surface area contributed by atoms with Crippen LogP contribution in [0.5, 0.6) is 5.75 Å². The number of nitrogens with zero attached hydrogens (tertiary/aromatic N) is 1. The third-order valence-electron chi connectivity index (χ3n) is 6.67. The number of methoxy groups -OCH3 is 1. The van der Waals surface area contributed by atoms with E-state index in [1.807, 2.05) is 0 Å². The van der Waals surface area contributed by atoms with Gasteiger partial charge in [0.15, 0.2) is 6.79 Å². The lowest BCUT2D eigenvalue weighted by atomic mass is 9.76. The fourth-order valence-electron chi connectivity index (χ4n) is 4.38. The smallest absolute Gasteiger partial charge is 0.188 e. The summed E-state index contributed by atoms with van der Waals surface area (Å²) in [6.45, 7) is 25.1. The molecule has 37 heavy (non-hydrogen) atoms. The van der Waals surface area contributed by atoms with Crippen molar-refractivity contribution in [1.29, 1.82) is 0 Å². The molecule has 2 aromatic carbocycles. The van der Waals surface area contributed by atoms with Gasteiger partial charge in [-0.15, -0.1) is 0 Å². The van der Waals surface area contributed by atoms with Crippen molar-refractivity contribution in [3.63, 3.8) is 0 Å². The lowest BCUT2D eigenvalue weighted by Gasteiger charge is -2.37. The van der Waals surface area contributed by atoms with Gasteiger partial charge in [-0.1, -0.05) is 113 Å². The Morgan fingerprint density at radius 3 is 2.03 bits per heavy atom. The van der Waals surface area contributed by atoms with Crippen LogP contribution in [0.3, 0.4) is 0 Å². The SMILES string of the molecule is CCCCC(C)(Pc1ccccc1C=NC(C)(C)C)c1cc(C(C)(C)C)cc(C(C)(C)C)c1OCOC. The molecule has 0 aliphatic heterocycles. The number of hydrogen-bond acceptors (Lipinski definition) is 3. The highest BCUT2D eigenvalue weighted by atomic mass is 31.1. The Morgan fingerprint density at radius 1 is 0.865 bits per heavy atom. The zero-order valence-corrected chi connectivity index (χ0v) is 26.6. The van der Waals surface area contributed by atoms with Gasteiger partial charge in [-0.05, 0) is 54.5 Å². The second-order valence-electron chi connectivity index (χ2n) is 13.5. The molecule has 3 nitrogen and oxygen atoms in total. The molecule has 0 aliphatic carbocycles. The number of benzene rings is 2. The third-order valence-corrected chi connectivity index (χ3v) is 8.47. The number of hydrogen-bond donors (Lipinski definition) is 0. The van der Waals surface area contributed by atoms with Crippen molar-refractivity contribution in [2.75, 3.05) is 13.9 Å². The van der Waals surface area contributed by atoms with Crippen molar-refractivity contribution in [1.82, 2.24) is 0 Å². The molecule has 0 N–H and O–H groups in total. The number of aliphatic imine (C=N–C) groups is 1. The van der Waals surface area contributed by atoms with Crippen molar-refractivity contribution >= 4 is 20.1 Å². The van der Waals surface area contributed by atoms with Gasteiger partial charge >= 0.3 is 0 Å². The van der Waals surface area contributed by atoms with Crippen LogP contribution in [0.15, 0.2) is 41.4 Å². The Balaban J connectivity index is 2.83. The molecule has 0 saturated heterocycles. The number of unbranched alkanes of at least 4 members (excludes halogenated alkanes) is 1. The maximum atomic E-state index is 6.45. The summed E-state index contributed by atoms with van der Waals surface area (Å²) < 4.78 is 11.9. The maximum Gasteiger partial charge on any atom is 0.188 e. The van der Waals surface area contributed by atoms with Crippen LogP contribution in [0.25, 0.3) is 0 Å². The fraction of sp³-hybridized carbons (Fsp3) is 0.606. The molecule has 206 valence electrons. The summed E-state index contributed by atoms with van der Waals surface area (Å²) >= 11 is 0. The quantitative estimate of drug-likeness (QED) is 0.176. The van der Waals surface area contributed by atoms with Gasteiger partial charge in [-0.3, -0.25) is 4.99 Å². The van der Waals surface area contributed by atoms with Gasteiger partial charge < -0.3 is 9.47 Å². The summed E-state index contributed by atoms with van der Waals surface area (Å²) in [5, 5.41) is 1.26. The van der Waals surface area contributed by atoms with Crippen molar-refractivity contribution in [2.45, 2.75) is 117 Å². The minimum atomic E-state index is -0.106. The molecular weight excluding hydrogens is 473 g/mol. The van der Waals surface area contributed by atoms with Crippen molar-refractivity contribution < 1.29 is 9.47 Å². The van der Waals surface area contributed by atoms with E-state index in [1.54, 1.807) is 7.11 Å². The highest BCUT2D eigenvalue weighted by Gasteiger charge is 2.35. The molecule has 0 amide bonds. The average molecular weight is 526 g/mol. The first-order valence-corrected chi connectivity index (χ1v) is 14.8. The molecule has 4 heteroatoms. The van der Waals surface area contributed by atoms with Gasteiger partial charge in [0.25, 0.3) is 0 Å². The second-order valence-corrected chi connectivity index (χ2v) is 15.4. The lowest BCUT2D eigenvalue weighted by Crippen LogP contribution is -2.26.